The number of halogens is 1. The van der Waals surface area contributed by atoms with Gasteiger partial charge in [-0.15, -0.1) is 0 Å². The molecule has 0 amide bonds. The Labute approximate surface area is 117 Å². The lowest BCUT2D eigenvalue weighted by Crippen LogP contribution is -2.16. The summed E-state index contributed by atoms with van der Waals surface area (Å²) in [7, 11) is 1.66. The molecule has 1 aliphatic carbocycles. The van der Waals surface area contributed by atoms with Gasteiger partial charge in [-0.3, -0.25) is 0 Å². The van der Waals surface area contributed by atoms with Crippen LogP contribution in [0, 0.1) is 0 Å². The monoisotopic (exact) mass is 313 g/mol. The standard InChI is InChI=1S/C14H20BrNO2/c1-9(16)13-11(15)7-8-12(17-2)14(13)18-10-5-3-4-6-10/h7-10H,3-6,16H2,1-2H3. The van der Waals surface area contributed by atoms with Gasteiger partial charge in [0, 0.05) is 16.1 Å². The van der Waals surface area contributed by atoms with E-state index in [1.165, 1.54) is 12.8 Å². The van der Waals surface area contributed by atoms with Crippen LogP contribution in [0.2, 0.25) is 0 Å². The summed E-state index contributed by atoms with van der Waals surface area (Å²) in [5.74, 6) is 1.56. The first-order valence-corrected chi connectivity index (χ1v) is 7.21. The van der Waals surface area contributed by atoms with Crippen LogP contribution < -0.4 is 15.2 Å². The number of benzene rings is 1. The van der Waals surface area contributed by atoms with E-state index < -0.39 is 0 Å². The van der Waals surface area contributed by atoms with Crippen molar-refractivity contribution in [2.75, 3.05) is 7.11 Å². The Morgan fingerprint density at radius 2 is 2.00 bits per heavy atom. The second-order valence-electron chi connectivity index (χ2n) is 4.81. The maximum Gasteiger partial charge on any atom is 0.167 e. The van der Waals surface area contributed by atoms with Crippen molar-refractivity contribution in [3.8, 4) is 11.5 Å². The van der Waals surface area contributed by atoms with Crippen molar-refractivity contribution in [1.82, 2.24) is 0 Å². The summed E-state index contributed by atoms with van der Waals surface area (Å²) < 4.78 is 12.5. The zero-order chi connectivity index (χ0) is 13.1. The molecule has 1 atom stereocenters. The first-order chi connectivity index (χ1) is 8.63. The summed E-state index contributed by atoms with van der Waals surface area (Å²) in [4.78, 5) is 0. The summed E-state index contributed by atoms with van der Waals surface area (Å²) in [5, 5.41) is 0. The maximum absolute atomic E-state index is 6.14. The van der Waals surface area contributed by atoms with Crippen LogP contribution in [0.15, 0.2) is 16.6 Å². The van der Waals surface area contributed by atoms with E-state index in [1.54, 1.807) is 7.11 Å². The quantitative estimate of drug-likeness (QED) is 0.919. The highest BCUT2D eigenvalue weighted by Gasteiger charge is 2.23. The number of rotatable bonds is 4. The molecule has 2 N–H and O–H groups in total. The molecule has 2 rings (SSSR count). The second kappa shape index (κ2) is 5.93. The van der Waals surface area contributed by atoms with Gasteiger partial charge in [-0.2, -0.15) is 0 Å². The molecular weight excluding hydrogens is 294 g/mol. The van der Waals surface area contributed by atoms with Crippen molar-refractivity contribution >= 4 is 15.9 Å². The first kappa shape index (κ1) is 13.7. The average Bonchev–Trinajstić information content (AvgIpc) is 2.82. The van der Waals surface area contributed by atoms with Crippen LogP contribution in [-0.4, -0.2) is 13.2 Å². The highest BCUT2D eigenvalue weighted by molar-refractivity contribution is 9.10. The Kier molecular flexibility index (Phi) is 4.51. The molecule has 1 aromatic carbocycles. The minimum absolute atomic E-state index is 0.0918. The molecule has 1 aliphatic rings. The van der Waals surface area contributed by atoms with E-state index in [2.05, 4.69) is 15.9 Å². The van der Waals surface area contributed by atoms with Crippen molar-refractivity contribution in [3.63, 3.8) is 0 Å². The Balaban J connectivity index is 2.36. The predicted molar refractivity (Wildman–Crippen MR) is 76.2 cm³/mol. The molecule has 1 aromatic rings. The molecule has 0 radical (unpaired) electrons. The molecule has 0 bridgehead atoms. The molecule has 0 saturated heterocycles. The van der Waals surface area contributed by atoms with Crippen molar-refractivity contribution in [2.24, 2.45) is 5.73 Å². The normalized spacial score (nSPS) is 17.8. The van der Waals surface area contributed by atoms with E-state index in [-0.39, 0.29) is 6.04 Å². The maximum atomic E-state index is 6.14. The van der Waals surface area contributed by atoms with Gasteiger partial charge in [0.25, 0.3) is 0 Å². The number of nitrogens with two attached hydrogens (primary N) is 1. The predicted octanol–water partition coefficient (Wildman–Crippen LogP) is 3.80. The van der Waals surface area contributed by atoms with Gasteiger partial charge in [-0.25, -0.2) is 0 Å². The van der Waals surface area contributed by atoms with Gasteiger partial charge in [0.15, 0.2) is 11.5 Å². The van der Waals surface area contributed by atoms with E-state index in [9.17, 15) is 0 Å². The molecule has 1 unspecified atom stereocenters. The molecule has 4 heteroatoms. The summed E-state index contributed by atoms with van der Waals surface area (Å²) in [6, 6.07) is 3.78. The highest BCUT2D eigenvalue weighted by atomic mass is 79.9. The molecule has 1 fully saturated rings. The molecule has 0 heterocycles. The fourth-order valence-electron chi connectivity index (χ4n) is 2.43. The van der Waals surface area contributed by atoms with Crippen molar-refractivity contribution in [1.29, 1.82) is 0 Å². The highest BCUT2D eigenvalue weighted by Crippen LogP contribution is 2.41. The van der Waals surface area contributed by atoms with Crippen LogP contribution in [0.5, 0.6) is 11.5 Å². The molecule has 3 nitrogen and oxygen atoms in total. The fourth-order valence-corrected chi connectivity index (χ4v) is 3.11. The third kappa shape index (κ3) is 2.81. The van der Waals surface area contributed by atoms with E-state index in [0.717, 1.165) is 34.4 Å². The summed E-state index contributed by atoms with van der Waals surface area (Å²) >= 11 is 3.54. The second-order valence-corrected chi connectivity index (χ2v) is 5.66. The van der Waals surface area contributed by atoms with Gasteiger partial charge in [0.05, 0.1) is 13.2 Å². The average molecular weight is 314 g/mol. The molecular formula is C14H20BrNO2. The summed E-state index contributed by atoms with van der Waals surface area (Å²) in [6.45, 7) is 1.96. The molecule has 18 heavy (non-hydrogen) atoms. The zero-order valence-corrected chi connectivity index (χ0v) is 12.5. The zero-order valence-electron chi connectivity index (χ0n) is 10.9. The van der Waals surface area contributed by atoms with Gasteiger partial charge < -0.3 is 15.2 Å². The van der Waals surface area contributed by atoms with E-state index in [0.29, 0.717) is 6.10 Å². The largest absolute Gasteiger partial charge is 0.493 e. The lowest BCUT2D eigenvalue weighted by atomic mass is 10.1. The van der Waals surface area contributed by atoms with E-state index in [4.69, 9.17) is 15.2 Å². The summed E-state index contributed by atoms with van der Waals surface area (Å²) in [6.07, 6.45) is 5.02. The number of hydrogen-bond acceptors (Lipinski definition) is 3. The first-order valence-electron chi connectivity index (χ1n) is 6.42. The van der Waals surface area contributed by atoms with Crippen molar-refractivity contribution in [2.45, 2.75) is 44.8 Å². The lowest BCUT2D eigenvalue weighted by molar-refractivity contribution is 0.197. The molecule has 1 saturated carbocycles. The van der Waals surface area contributed by atoms with Crippen LogP contribution in [0.25, 0.3) is 0 Å². The smallest absolute Gasteiger partial charge is 0.167 e. The number of hydrogen-bond donors (Lipinski definition) is 1. The Morgan fingerprint density at radius 3 is 2.56 bits per heavy atom. The van der Waals surface area contributed by atoms with Gasteiger partial charge in [-0.1, -0.05) is 15.9 Å². The third-order valence-electron chi connectivity index (χ3n) is 3.37. The molecule has 100 valence electrons. The molecule has 0 aliphatic heterocycles. The van der Waals surface area contributed by atoms with Crippen LogP contribution in [0.1, 0.15) is 44.2 Å². The van der Waals surface area contributed by atoms with Crippen LogP contribution in [0.3, 0.4) is 0 Å². The summed E-state index contributed by atoms with van der Waals surface area (Å²) in [5.41, 5.74) is 7.03. The number of ether oxygens (including phenoxy) is 2. The Morgan fingerprint density at radius 1 is 1.33 bits per heavy atom. The third-order valence-corrected chi connectivity index (χ3v) is 4.06. The van der Waals surface area contributed by atoms with Gasteiger partial charge >= 0.3 is 0 Å². The minimum atomic E-state index is -0.0918. The lowest BCUT2D eigenvalue weighted by Gasteiger charge is -2.21. The SMILES string of the molecule is COc1ccc(Br)c(C(C)N)c1OC1CCCC1. The Bertz CT molecular complexity index is 415. The van der Waals surface area contributed by atoms with E-state index >= 15 is 0 Å². The van der Waals surface area contributed by atoms with Crippen LogP contribution in [-0.2, 0) is 0 Å². The van der Waals surface area contributed by atoms with Crippen LogP contribution in [0.4, 0.5) is 0 Å². The van der Waals surface area contributed by atoms with Crippen molar-refractivity contribution in [3.05, 3.63) is 22.2 Å². The van der Waals surface area contributed by atoms with Crippen molar-refractivity contribution < 1.29 is 9.47 Å². The molecule has 0 spiro atoms. The van der Waals surface area contributed by atoms with Gasteiger partial charge in [0.2, 0.25) is 0 Å². The topological polar surface area (TPSA) is 44.5 Å². The Hall–Kier alpha value is -0.740. The number of methoxy groups -OCH3 is 1. The minimum Gasteiger partial charge on any atom is -0.493 e. The van der Waals surface area contributed by atoms with Gasteiger partial charge in [0.1, 0.15) is 0 Å². The van der Waals surface area contributed by atoms with Crippen LogP contribution >= 0.6 is 15.9 Å². The fraction of sp³-hybridized carbons (Fsp3) is 0.571. The molecule has 0 aromatic heterocycles. The van der Waals surface area contributed by atoms with E-state index in [1.807, 2.05) is 19.1 Å². The van der Waals surface area contributed by atoms with Gasteiger partial charge in [-0.05, 0) is 44.7 Å².